The third-order valence-electron chi connectivity index (χ3n) is 3.62. The van der Waals surface area contributed by atoms with Gasteiger partial charge in [0.1, 0.15) is 5.82 Å². The minimum Gasteiger partial charge on any atom is -0.478 e. The number of nitrogens with one attached hydrogen (secondary N) is 1. The van der Waals surface area contributed by atoms with Crippen molar-refractivity contribution < 1.29 is 14.6 Å². The lowest BCUT2D eigenvalue weighted by Crippen LogP contribution is -2.41. The Morgan fingerprint density at radius 3 is 2.83 bits per heavy atom. The second-order valence-electron chi connectivity index (χ2n) is 4.94. The van der Waals surface area contributed by atoms with Gasteiger partial charge >= 0.3 is 5.97 Å². The molecule has 98 valence electrons. The zero-order valence-electron chi connectivity index (χ0n) is 10.9. The fourth-order valence-corrected chi connectivity index (χ4v) is 2.15. The van der Waals surface area contributed by atoms with Crippen LogP contribution >= 0.6 is 0 Å². The number of carbonyl (C=O) groups is 1. The minimum atomic E-state index is -0.949. The quantitative estimate of drug-likeness (QED) is 0.859. The average Bonchev–Trinajstić information content (AvgIpc) is 2.58. The van der Waals surface area contributed by atoms with Crippen molar-refractivity contribution in [3.63, 3.8) is 0 Å². The Kier molecular flexibility index (Phi) is 3.26. The fraction of sp³-hybridized carbons (Fsp3) is 0.538. The first-order chi connectivity index (χ1) is 8.42. The molecule has 0 saturated carbocycles. The summed E-state index contributed by atoms with van der Waals surface area (Å²) in [4.78, 5) is 15.2. The van der Waals surface area contributed by atoms with E-state index < -0.39 is 5.97 Å². The number of carboxylic acid groups (broad SMARTS) is 1. The van der Waals surface area contributed by atoms with Gasteiger partial charge < -0.3 is 15.2 Å². The van der Waals surface area contributed by atoms with E-state index >= 15 is 0 Å². The summed E-state index contributed by atoms with van der Waals surface area (Å²) in [5, 5.41) is 12.3. The van der Waals surface area contributed by atoms with E-state index in [-0.39, 0.29) is 17.2 Å². The Hall–Kier alpha value is -1.62. The third-order valence-corrected chi connectivity index (χ3v) is 3.62. The lowest BCUT2D eigenvalue weighted by Gasteiger charge is -2.29. The van der Waals surface area contributed by atoms with Gasteiger partial charge in [0.2, 0.25) is 0 Å². The molecule has 1 aliphatic rings. The summed E-state index contributed by atoms with van der Waals surface area (Å²) in [6.07, 6.45) is 1.02. The lowest BCUT2D eigenvalue weighted by molar-refractivity contribution is 0.0695. The molecule has 18 heavy (non-hydrogen) atoms. The number of anilines is 1. The van der Waals surface area contributed by atoms with E-state index in [9.17, 15) is 4.79 Å². The molecule has 2 rings (SSSR count). The monoisotopic (exact) mass is 250 g/mol. The molecular formula is C13H18N2O3. The van der Waals surface area contributed by atoms with Crippen molar-refractivity contribution >= 4 is 11.8 Å². The number of pyridine rings is 1. The van der Waals surface area contributed by atoms with Crippen LogP contribution in [-0.2, 0) is 4.74 Å². The Morgan fingerprint density at radius 1 is 1.61 bits per heavy atom. The van der Waals surface area contributed by atoms with Crippen LogP contribution in [0.5, 0.6) is 0 Å². The number of ether oxygens (including phenoxy) is 1. The first-order valence-electron chi connectivity index (χ1n) is 6.03. The standard InChI is InChI=1S/C13H18N2O3/c1-8-10(12(16)17)4-5-11(14-8)15-13(3)6-7-18-9(13)2/h4-5,9H,6-7H2,1-3H3,(H,14,15)(H,16,17). The van der Waals surface area contributed by atoms with Crippen LogP contribution in [0.4, 0.5) is 5.82 Å². The van der Waals surface area contributed by atoms with E-state index in [4.69, 9.17) is 9.84 Å². The molecule has 0 spiro atoms. The summed E-state index contributed by atoms with van der Waals surface area (Å²) < 4.78 is 5.55. The van der Waals surface area contributed by atoms with Gasteiger partial charge in [-0.1, -0.05) is 0 Å². The van der Waals surface area contributed by atoms with Gasteiger partial charge in [-0.25, -0.2) is 9.78 Å². The minimum absolute atomic E-state index is 0.110. The van der Waals surface area contributed by atoms with Crippen molar-refractivity contribution in [2.45, 2.75) is 38.8 Å². The highest BCUT2D eigenvalue weighted by atomic mass is 16.5. The molecule has 1 saturated heterocycles. The largest absolute Gasteiger partial charge is 0.478 e. The molecule has 2 heterocycles. The van der Waals surface area contributed by atoms with Gasteiger partial charge in [-0.15, -0.1) is 0 Å². The summed E-state index contributed by atoms with van der Waals surface area (Å²) in [6, 6.07) is 3.28. The second-order valence-corrected chi connectivity index (χ2v) is 4.94. The van der Waals surface area contributed by atoms with Gasteiger partial charge in [0.05, 0.1) is 22.9 Å². The fourth-order valence-electron chi connectivity index (χ4n) is 2.15. The van der Waals surface area contributed by atoms with Crippen LogP contribution in [0.2, 0.25) is 0 Å². The normalized spacial score (nSPS) is 27.2. The molecule has 0 aromatic carbocycles. The maximum atomic E-state index is 10.9. The number of nitrogens with zero attached hydrogens (tertiary/aromatic N) is 1. The van der Waals surface area contributed by atoms with E-state index in [2.05, 4.69) is 17.2 Å². The van der Waals surface area contributed by atoms with Crippen molar-refractivity contribution in [1.82, 2.24) is 4.98 Å². The van der Waals surface area contributed by atoms with Crippen LogP contribution in [0.3, 0.4) is 0 Å². The maximum Gasteiger partial charge on any atom is 0.337 e. The number of aromatic nitrogens is 1. The average molecular weight is 250 g/mol. The molecular weight excluding hydrogens is 232 g/mol. The van der Waals surface area contributed by atoms with E-state index in [0.717, 1.165) is 13.0 Å². The Balaban J connectivity index is 2.20. The Morgan fingerprint density at radius 2 is 2.33 bits per heavy atom. The van der Waals surface area contributed by atoms with Gasteiger partial charge in [-0.3, -0.25) is 0 Å². The molecule has 5 nitrogen and oxygen atoms in total. The summed E-state index contributed by atoms with van der Waals surface area (Å²) in [5.41, 5.74) is 0.605. The topological polar surface area (TPSA) is 71.5 Å². The second kappa shape index (κ2) is 4.57. The van der Waals surface area contributed by atoms with Crippen molar-refractivity contribution in [2.75, 3.05) is 11.9 Å². The number of carboxylic acids is 1. The van der Waals surface area contributed by atoms with Crippen molar-refractivity contribution in [2.24, 2.45) is 0 Å². The molecule has 2 atom stereocenters. The predicted molar refractivity (Wildman–Crippen MR) is 68.0 cm³/mol. The molecule has 0 bridgehead atoms. The van der Waals surface area contributed by atoms with E-state index in [1.165, 1.54) is 0 Å². The summed E-state index contributed by atoms with van der Waals surface area (Å²) >= 11 is 0. The molecule has 0 amide bonds. The molecule has 2 N–H and O–H groups in total. The van der Waals surface area contributed by atoms with Crippen LogP contribution in [-0.4, -0.2) is 34.3 Å². The smallest absolute Gasteiger partial charge is 0.337 e. The van der Waals surface area contributed by atoms with E-state index in [1.807, 2.05) is 6.92 Å². The highest BCUT2D eigenvalue weighted by Gasteiger charge is 2.37. The Bertz CT molecular complexity index is 475. The molecule has 5 heteroatoms. The molecule has 1 fully saturated rings. The molecule has 0 radical (unpaired) electrons. The van der Waals surface area contributed by atoms with Gasteiger partial charge in [-0.2, -0.15) is 0 Å². The first-order valence-corrected chi connectivity index (χ1v) is 6.03. The van der Waals surface area contributed by atoms with Crippen LogP contribution in [0.1, 0.15) is 36.3 Å². The summed E-state index contributed by atoms with van der Waals surface area (Å²) in [6.45, 7) is 6.55. The lowest BCUT2D eigenvalue weighted by atomic mass is 9.95. The van der Waals surface area contributed by atoms with Crippen molar-refractivity contribution in [1.29, 1.82) is 0 Å². The highest BCUT2D eigenvalue weighted by Crippen LogP contribution is 2.29. The van der Waals surface area contributed by atoms with Crippen LogP contribution in [0, 0.1) is 6.92 Å². The van der Waals surface area contributed by atoms with Gasteiger partial charge in [0.25, 0.3) is 0 Å². The predicted octanol–water partition coefficient (Wildman–Crippen LogP) is 2.07. The Labute approximate surface area is 106 Å². The number of aryl methyl sites for hydroxylation is 1. The van der Waals surface area contributed by atoms with E-state index in [0.29, 0.717) is 11.5 Å². The van der Waals surface area contributed by atoms with Gasteiger partial charge in [0.15, 0.2) is 0 Å². The van der Waals surface area contributed by atoms with Crippen molar-refractivity contribution in [3.8, 4) is 0 Å². The maximum absolute atomic E-state index is 10.9. The third kappa shape index (κ3) is 2.31. The zero-order valence-corrected chi connectivity index (χ0v) is 10.9. The number of aromatic carboxylic acids is 1. The van der Waals surface area contributed by atoms with Gasteiger partial charge in [-0.05, 0) is 39.3 Å². The van der Waals surface area contributed by atoms with E-state index in [1.54, 1.807) is 19.1 Å². The van der Waals surface area contributed by atoms with Crippen LogP contribution in [0.25, 0.3) is 0 Å². The molecule has 1 aromatic rings. The molecule has 1 aliphatic heterocycles. The molecule has 2 unspecified atom stereocenters. The number of rotatable bonds is 3. The SMILES string of the molecule is Cc1nc(NC2(C)CCOC2C)ccc1C(=O)O. The van der Waals surface area contributed by atoms with Crippen LogP contribution in [0.15, 0.2) is 12.1 Å². The molecule has 1 aromatic heterocycles. The highest BCUT2D eigenvalue weighted by molar-refractivity contribution is 5.89. The first kappa shape index (κ1) is 12.8. The summed E-state index contributed by atoms with van der Waals surface area (Å²) in [7, 11) is 0. The zero-order chi connectivity index (χ0) is 13.3. The number of hydrogen-bond donors (Lipinski definition) is 2. The number of hydrogen-bond acceptors (Lipinski definition) is 4. The summed E-state index contributed by atoms with van der Waals surface area (Å²) in [5.74, 6) is -0.257. The van der Waals surface area contributed by atoms with Gasteiger partial charge in [0, 0.05) is 6.61 Å². The molecule has 0 aliphatic carbocycles. The van der Waals surface area contributed by atoms with Crippen molar-refractivity contribution in [3.05, 3.63) is 23.4 Å². The van der Waals surface area contributed by atoms with Crippen LogP contribution < -0.4 is 5.32 Å².